The molecule has 1 N–H and O–H groups in total. The van der Waals surface area contributed by atoms with E-state index in [2.05, 4.69) is 5.10 Å². The van der Waals surface area contributed by atoms with E-state index in [0.29, 0.717) is 19.0 Å². The topological polar surface area (TPSA) is 92.5 Å². The van der Waals surface area contributed by atoms with Crippen molar-refractivity contribution < 1.29 is 18.3 Å². The molecular formula is C11H17N3O4S. The van der Waals surface area contributed by atoms with Gasteiger partial charge in [0.25, 0.3) is 0 Å². The molecule has 1 fully saturated rings. The summed E-state index contributed by atoms with van der Waals surface area (Å²) >= 11 is 0. The second-order valence-electron chi connectivity index (χ2n) is 4.88. The third-order valence-electron chi connectivity index (χ3n) is 3.16. The highest BCUT2D eigenvalue weighted by Crippen LogP contribution is 2.22. The number of piperidine rings is 1. The maximum Gasteiger partial charge on any atom is 0.325 e. The summed E-state index contributed by atoms with van der Waals surface area (Å²) < 4.78 is 27.3. The summed E-state index contributed by atoms with van der Waals surface area (Å²) in [4.78, 5) is 10.6. The predicted molar refractivity (Wildman–Crippen MR) is 67.0 cm³/mol. The minimum Gasteiger partial charge on any atom is -0.480 e. The van der Waals surface area contributed by atoms with E-state index in [-0.39, 0.29) is 11.4 Å². The van der Waals surface area contributed by atoms with E-state index in [1.807, 2.05) is 6.92 Å². The van der Waals surface area contributed by atoms with E-state index in [1.54, 1.807) is 0 Å². The van der Waals surface area contributed by atoms with Gasteiger partial charge in [-0.3, -0.25) is 9.48 Å². The van der Waals surface area contributed by atoms with Crippen molar-refractivity contribution in [2.75, 3.05) is 13.1 Å². The van der Waals surface area contributed by atoms with E-state index in [4.69, 9.17) is 5.11 Å². The zero-order valence-corrected chi connectivity index (χ0v) is 11.5. The summed E-state index contributed by atoms with van der Waals surface area (Å²) in [6, 6.07) is 0. The Bertz CT molecular complexity index is 566. The fourth-order valence-corrected chi connectivity index (χ4v) is 3.77. The van der Waals surface area contributed by atoms with Crippen LogP contribution >= 0.6 is 0 Å². The summed E-state index contributed by atoms with van der Waals surface area (Å²) in [5.41, 5.74) is 0. The van der Waals surface area contributed by atoms with Crippen molar-refractivity contribution in [3.8, 4) is 0 Å². The fraction of sp³-hybridized carbons (Fsp3) is 0.636. The summed E-state index contributed by atoms with van der Waals surface area (Å²) in [5, 5.41) is 12.4. The third kappa shape index (κ3) is 3.13. The largest absolute Gasteiger partial charge is 0.480 e. The highest BCUT2D eigenvalue weighted by atomic mass is 32.2. The standard InChI is InChI=1S/C11H17N3O4S/c1-9-3-2-4-14(6-9)19(17,18)10-5-12-13(7-10)8-11(15)16/h5,7,9H,2-4,6,8H2,1H3,(H,15,16). The van der Waals surface area contributed by atoms with E-state index < -0.39 is 16.0 Å². The smallest absolute Gasteiger partial charge is 0.325 e. The predicted octanol–water partition coefficient (Wildman–Crippen LogP) is 0.388. The first-order chi connectivity index (χ1) is 8.89. The summed E-state index contributed by atoms with van der Waals surface area (Å²) in [7, 11) is -3.55. The average molecular weight is 287 g/mol. The van der Waals surface area contributed by atoms with Crippen LogP contribution in [0.25, 0.3) is 0 Å². The Balaban J connectivity index is 2.19. The molecule has 0 spiro atoms. The van der Waals surface area contributed by atoms with Crippen molar-refractivity contribution in [3.63, 3.8) is 0 Å². The minimum absolute atomic E-state index is 0.0582. The van der Waals surface area contributed by atoms with Gasteiger partial charge in [0.2, 0.25) is 10.0 Å². The molecular weight excluding hydrogens is 270 g/mol. The first kappa shape index (κ1) is 14.0. The number of hydrogen-bond acceptors (Lipinski definition) is 4. The molecule has 1 aliphatic heterocycles. The molecule has 7 nitrogen and oxygen atoms in total. The van der Waals surface area contributed by atoms with Crippen LogP contribution in [0.4, 0.5) is 0 Å². The lowest BCUT2D eigenvalue weighted by Gasteiger charge is -2.29. The third-order valence-corrected chi connectivity index (χ3v) is 4.98. The quantitative estimate of drug-likeness (QED) is 0.864. The van der Waals surface area contributed by atoms with E-state index in [9.17, 15) is 13.2 Å². The zero-order chi connectivity index (χ0) is 14.0. The highest BCUT2D eigenvalue weighted by molar-refractivity contribution is 7.89. The number of carboxylic acids is 1. The molecule has 1 aromatic heterocycles. The van der Waals surface area contributed by atoms with E-state index in [1.165, 1.54) is 16.7 Å². The molecule has 0 aromatic carbocycles. The van der Waals surface area contributed by atoms with Crippen LogP contribution in [0.15, 0.2) is 17.3 Å². The SMILES string of the molecule is CC1CCCN(S(=O)(=O)c2cnn(CC(=O)O)c2)C1. The van der Waals surface area contributed by atoms with Crippen LogP contribution in [-0.4, -0.2) is 46.7 Å². The molecule has 0 radical (unpaired) electrons. The molecule has 0 saturated carbocycles. The maximum absolute atomic E-state index is 12.4. The first-order valence-corrected chi connectivity index (χ1v) is 7.58. The monoisotopic (exact) mass is 287 g/mol. The lowest BCUT2D eigenvalue weighted by Crippen LogP contribution is -2.38. The Kier molecular flexibility index (Phi) is 3.91. The van der Waals surface area contributed by atoms with Gasteiger partial charge in [-0.25, -0.2) is 8.42 Å². The lowest BCUT2D eigenvalue weighted by molar-refractivity contribution is -0.137. The molecule has 106 valence electrons. The molecule has 1 saturated heterocycles. The Morgan fingerprint density at radius 3 is 2.95 bits per heavy atom. The second kappa shape index (κ2) is 5.30. The number of aromatic nitrogens is 2. The second-order valence-corrected chi connectivity index (χ2v) is 6.82. The maximum atomic E-state index is 12.4. The van der Waals surface area contributed by atoms with Gasteiger partial charge in [-0.15, -0.1) is 0 Å². The van der Waals surface area contributed by atoms with Crippen molar-refractivity contribution in [1.82, 2.24) is 14.1 Å². The van der Waals surface area contributed by atoms with E-state index in [0.717, 1.165) is 17.5 Å². The molecule has 2 heterocycles. The van der Waals surface area contributed by atoms with Gasteiger partial charge in [-0.1, -0.05) is 6.92 Å². The fourth-order valence-electron chi connectivity index (χ4n) is 2.22. The van der Waals surface area contributed by atoms with Gasteiger partial charge >= 0.3 is 5.97 Å². The van der Waals surface area contributed by atoms with Gasteiger partial charge in [-0.05, 0) is 18.8 Å². The molecule has 1 unspecified atom stereocenters. The van der Waals surface area contributed by atoms with Crippen LogP contribution < -0.4 is 0 Å². The Morgan fingerprint density at radius 2 is 2.32 bits per heavy atom. The Morgan fingerprint density at radius 1 is 1.58 bits per heavy atom. The minimum atomic E-state index is -3.55. The van der Waals surface area contributed by atoms with Gasteiger partial charge < -0.3 is 5.11 Å². The van der Waals surface area contributed by atoms with Gasteiger partial charge in [0, 0.05) is 19.3 Å². The molecule has 0 bridgehead atoms. The number of nitrogens with zero attached hydrogens (tertiary/aromatic N) is 3. The van der Waals surface area contributed by atoms with Gasteiger partial charge in [0.1, 0.15) is 11.4 Å². The van der Waals surface area contributed by atoms with Gasteiger partial charge in [0.15, 0.2) is 0 Å². The molecule has 2 rings (SSSR count). The van der Waals surface area contributed by atoms with Crippen molar-refractivity contribution in [3.05, 3.63) is 12.4 Å². The molecule has 0 amide bonds. The van der Waals surface area contributed by atoms with Crippen LogP contribution in [0.2, 0.25) is 0 Å². The van der Waals surface area contributed by atoms with Gasteiger partial charge in [-0.2, -0.15) is 9.40 Å². The van der Waals surface area contributed by atoms with Crippen LogP contribution in [-0.2, 0) is 21.4 Å². The lowest BCUT2D eigenvalue weighted by atomic mass is 10.0. The van der Waals surface area contributed by atoms with Crippen LogP contribution in [0.3, 0.4) is 0 Å². The molecule has 1 atom stereocenters. The van der Waals surface area contributed by atoms with Crippen molar-refractivity contribution >= 4 is 16.0 Å². The molecule has 19 heavy (non-hydrogen) atoms. The molecule has 1 aromatic rings. The van der Waals surface area contributed by atoms with Crippen molar-refractivity contribution in [1.29, 1.82) is 0 Å². The van der Waals surface area contributed by atoms with Crippen molar-refractivity contribution in [2.45, 2.75) is 31.2 Å². The summed E-state index contributed by atoms with van der Waals surface area (Å²) in [5.74, 6) is -0.712. The Hall–Kier alpha value is -1.41. The van der Waals surface area contributed by atoms with Crippen LogP contribution in [0, 0.1) is 5.92 Å². The normalized spacial score (nSPS) is 21.4. The van der Waals surface area contributed by atoms with E-state index >= 15 is 0 Å². The number of rotatable bonds is 4. The summed E-state index contributed by atoms with van der Waals surface area (Å²) in [6.45, 7) is 2.70. The summed E-state index contributed by atoms with van der Waals surface area (Å²) in [6.07, 6.45) is 4.36. The van der Waals surface area contributed by atoms with Crippen molar-refractivity contribution in [2.24, 2.45) is 5.92 Å². The average Bonchev–Trinajstić information content (AvgIpc) is 2.77. The molecule has 8 heteroatoms. The highest BCUT2D eigenvalue weighted by Gasteiger charge is 2.29. The first-order valence-electron chi connectivity index (χ1n) is 6.14. The van der Waals surface area contributed by atoms with Crippen LogP contribution in [0.1, 0.15) is 19.8 Å². The number of sulfonamides is 1. The number of carbonyl (C=O) groups is 1. The molecule has 0 aliphatic carbocycles. The van der Waals surface area contributed by atoms with Gasteiger partial charge in [0.05, 0.1) is 6.20 Å². The number of hydrogen-bond donors (Lipinski definition) is 1. The zero-order valence-electron chi connectivity index (χ0n) is 10.7. The van der Waals surface area contributed by atoms with Crippen LogP contribution in [0.5, 0.6) is 0 Å². The number of aliphatic carboxylic acids is 1. The Labute approximate surface area is 111 Å². The molecule has 1 aliphatic rings. The number of carboxylic acid groups (broad SMARTS) is 1.